The molecule has 0 bridgehead atoms. The van der Waals surface area contributed by atoms with Gasteiger partial charge in [-0.1, -0.05) is 6.92 Å². The Hall–Kier alpha value is -0.980. The molecule has 0 aliphatic rings. The fourth-order valence-corrected chi connectivity index (χ4v) is 1.65. The average molecular weight is 243 g/mol. The van der Waals surface area contributed by atoms with Gasteiger partial charge in [0.05, 0.1) is 5.60 Å². The van der Waals surface area contributed by atoms with Crippen LogP contribution < -0.4 is 11.1 Å². The summed E-state index contributed by atoms with van der Waals surface area (Å²) in [7, 11) is 0. The molecule has 0 radical (unpaired) electrons. The normalized spacial score (nSPS) is 14.5. The van der Waals surface area contributed by atoms with Gasteiger partial charge in [-0.15, -0.1) is 11.3 Å². The molecule has 1 aromatic rings. The van der Waals surface area contributed by atoms with Crippen molar-refractivity contribution in [3.05, 3.63) is 16.1 Å². The lowest BCUT2D eigenvalue weighted by Crippen LogP contribution is -2.40. The first-order valence-electron chi connectivity index (χ1n) is 5.13. The summed E-state index contributed by atoms with van der Waals surface area (Å²) in [5.74, 6) is -0.273. The largest absolute Gasteiger partial charge is 0.388 e. The van der Waals surface area contributed by atoms with Gasteiger partial charge < -0.3 is 16.2 Å². The van der Waals surface area contributed by atoms with Crippen molar-refractivity contribution in [1.29, 1.82) is 0 Å². The van der Waals surface area contributed by atoms with Crippen molar-refractivity contribution in [3.8, 4) is 0 Å². The van der Waals surface area contributed by atoms with E-state index in [2.05, 4.69) is 10.3 Å². The van der Waals surface area contributed by atoms with E-state index in [0.29, 0.717) is 18.7 Å². The van der Waals surface area contributed by atoms with Crippen molar-refractivity contribution >= 4 is 17.2 Å². The minimum absolute atomic E-state index is 0.220. The van der Waals surface area contributed by atoms with Gasteiger partial charge in [-0.2, -0.15) is 0 Å². The van der Waals surface area contributed by atoms with E-state index in [1.807, 2.05) is 6.92 Å². The Morgan fingerprint density at radius 1 is 1.75 bits per heavy atom. The van der Waals surface area contributed by atoms with Gasteiger partial charge in [0.15, 0.2) is 0 Å². The van der Waals surface area contributed by atoms with Crippen LogP contribution in [0.1, 0.15) is 35.8 Å². The number of nitrogens with two attached hydrogens (primary N) is 1. The molecule has 0 aromatic carbocycles. The van der Waals surface area contributed by atoms with E-state index < -0.39 is 5.60 Å². The monoisotopic (exact) mass is 243 g/mol. The van der Waals surface area contributed by atoms with Crippen LogP contribution in [0.5, 0.6) is 0 Å². The van der Waals surface area contributed by atoms with Crippen LogP contribution >= 0.6 is 11.3 Å². The number of carbonyl (C=O) groups is 1. The maximum absolute atomic E-state index is 11.6. The van der Waals surface area contributed by atoms with Crippen molar-refractivity contribution in [3.63, 3.8) is 0 Å². The van der Waals surface area contributed by atoms with Crippen molar-refractivity contribution in [1.82, 2.24) is 10.3 Å². The number of hydrogen-bond acceptors (Lipinski definition) is 5. The van der Waals surface area contributed by atoms with Gasteiger partial charge in [-0.3, -0.25) is 4.79 Å². The molecule has 0 saturated carbocycles. The zero-order valence-electron chi connectivity index (χ0n) is 9.49. The zero-order chi connectivity index (χ0) is 12.2. The van der Waals surface area contributed by atoms with Gasteiger partial charge in [-0.25, -0.2) is 4.98 Å². The first-order valence-corrected chi connectivity index (χ1v) is 6.01. The van der Waals surface area contributed by atoms with Gasteiger partial charge in [0, 0.05) is 18.5 Å². The molecule has 0 fully saturated rings. The van der Waals surface area contributed by atoms with Crippen LogP contribution in [-0.2, 0) is 6.54 Å². The molecule has 0 saturated heterocycles. The Bertz CT molecular complexity index is 363. The molecule has 1 rings (SSSR count). The van der Waals surface area contributed by atoms with Crippen molar-refractivity contribution < 1.29 is 9.90 Å². The summed E-state index contributed by atoms with van der Waals surface area (Å²) in [4.78, 5) is 15.7. The number of hydrogen-bond donors (Lipinski definition) is 3. The number of thiazole rings is 1. The summed E-state index contributed by atoms with van der Waals surface area (Å²) in [5, 5.41) is 14.8. The number of amides is 1. The molecule has 4 N–H and O–H groups in total. The first kappa shape index (κ1) is 13.1. The molecule has 1 amide bonds. The van der Waals surface area contributed by atoms with E-state index in [9.17, 15) is 9.90 Å². The van der Waals surface area contributed by atoms with Crippen LogP contribution in [0, 0.1) is 0 Å². The average Bonchev–Trinajstić information content (AvgIpc) is 2.74. The summed E-state index contributed by atoms with van der Waals surface area (Å²) in [6, 6.07) is 0. The predicted octanol–water partition coefficient (Wildman–Crippen LogP) is 0.493. The molecule has 5 nitrogen and oxygen atoms in total. The summed E-state index contributed by atoms with van der Waals surface area (Å²) in [6.07, 6.45) is 0.582. The highest BCUT2D eigenvalue weighted by atomic mass is 32.1. The Balaban J connectivity index is 2.53. The Kier molecular flexibility index (Phi) is 4.40. The van der Waals surface area contributed by atoms with E-state index in [4.69, 9.17) is 5.73 Å². The second kappa shape index (κ2) is 5.38. The van der Waals surface area contributed by atoms with Crippen LogP contribution in [0.4, 0.5) is 0 Å². The van der Waals surface area contributed by atoms with Crippen LogP contribution in [0.15, 0.2) is 5.38 Å². The zero-order valence-corrected chi connectivity index (χ0v) is 10.3. The summed E-state index contributed by atoms with van der Waals surface area (Å²) >= 11 is 1.36. The standard InChI is InChI=1S/C10H17N3O2S/c1-3-10(2,15)6-12-9(14)7-5-16-8(4-11)13-7/h5,15H,3-4,6,11H2,1-2H3,(H,12,14). The van der Waals surface area contributed by atoms with E-state index in [0.717, 1.165) is 5.01 Å². The lowest BCUT2D eigenvalue weighted by atomic mass is 10.0. The number of nitrogens with one attached hydrogen (secondary N) is 1. The molecule has 1 atom stereocenters. The summed E-state index contributed by atoms with van der Waals surface area (Å²) in [6.45, 7) is 4.10. The highest BCUT2D eigenvalue weighted by molar-refractivity contribution is 7.09. The molecule has 90 valence electrons. The van der Waals surface area contributed by atoms with Gasteiger partial charge in [0.1, 0.15) is 10.7 Å². The number of aliphatic hydroxyl groups is 1. The minimum atomic E-state index is -0.873. The Morgan fingerprint density at radius 2 is 2.44 bits per heavy atom. The third kappa shape index (κ3) is 3.55. The molecule has 6 heteroatoms. The highest BCUT2D eigenvalue weighted by Gasteiger charge is 2.19. The van der Waals surface area contributed by atoms with E-state index in [1.165, 1.54) is 11.3 Å². The maximum atomic E-state index is 11.6. The van der Waals surface area contributed by atoms with Crippen LogP contribution in [-0.4, -0.2) is 28.1 Å². The Morgan fingerprint density at radius 3 is 2.94 bits per heavy atom. The minimum Gasteiger partial charge on any atom is -0.388 e. The molecular formula is C10H17N3O2S. The van der Waals surface area contributed by atoms with Gasteiger partial charge in [0.2, 0.25) is 0 Å². The second-order valence-electron chi connectivity index (χ2n) is 3.86. The molecule has 1 aromatic heterocycles. The number of nitrogens with zero attached hydrogens (tertiary/aromatic N) is 1. The highest BCUT2D eigenvalue weighted by Crippen LogP contribution is 2.10. The van der Waals surface area contributed by atoms with Crippen LogP contribution in [0.3, 0.4) is 0 Å². The molecule has 1 heterocycles. The number of carbonyl (C=O) groups excluding carboxylic acids is 1. The summed E-state index contributed by atoms with van der Waals surface area (Å²) < 4.78 is 0. The second-order valence-corrected chi connectivity index (χ2v) is 4.81. The number of rotatable bonds is 5. The van der Waals surface area contributed by atoms with Crippen molar-refractivity contribution in [2.45, 2.75) is 32.4 Å². The molecule has 0 aliphatic carbocycles. The fourth-order valence-electron chi connectivity index (χ4n) is 0.995. The maximum Gasteiger partial charge on any atom is 0.270 e. The SMILES string of the molecule is CCC(C)(O)CNC(=O)c1csc(CN)n1. The fraction of sp³-hybridized carbons (Fsp3) is 0.600. The molecule has 0 aliphatic heterocycles. The number of aromatic nitrogens is 1. The van der Waals surface area contributed by atoms with E-state index in [1.54, 1.807) is 12.3 Å². The first-order chi connectivity index (χ1) is 7.48. The van der Waals surface area contributed by atoms with Gasteiger partial charge in [0.25, 0.3) is 5.91 Å². The van der Waals surface area contributed by atoms with Gasteiger partial charge >= 0.3 is 0 Å². The quantitative estimate of drug-likeness (QED) is 0.702. The van der Waals surface area contributed by atoms with Crippen molar-refractivity contribution in [2.75, 3.05) is 6.54 Å². The van der Waals surface area contributed by atoms with Crippen LogP contribution in [0.2, 0.25) is 0 Å². The molecule has 1 unspecified atom stereocenters. The molecule has 0 spiro atoms. The third-order valence-electron chi connectivity index (χ3n) is 2.35. The topological polar surface area (TPSA) is 88.2 Å². The Labute approximate surface area is 98.7 Å². The molecular weight excluding hydrogens is 226 g/mol. The van der Waals surface area contributed by atoms with Crippen molar-refractivity contribution in [2.24, 2.45) is 5.73 Å². The predicted molar refractivity (Wildman–Crippen MR) is 63.3 cm³/mol. The van der Waals surface area contributed by atoms with Crippen LogP contribution in [0.25, 0.3) is 0 Å². The summed E-state index contributed by atoms with van der Waals surface area (Å²) in [5.41, 5.74) is 4.89. The lowest BCUT2D eigenvalue weighted by Gasteiger charge is -2.21. The van der Waals surface area contributed by atoms with E-state index in [-0.39, 0.29) is 12.5 Å². The van der Waals surface area contributed by atoms with Gasteiger partial charge in [-0.05, 0) is 13.3 Å². The molecule has 16 heavy (non-hydrogen) atoms. The smallest absolute Gasteiger partial charge is 0.270 e. The third-order valence-corrected chi connectivity index (χ3v) is 3.22. The van der Waals surface area contributed by atoms with E-state index >= 15 is 0 Å². The lowest BCUT2D eigenvalue weighted by molar-refractivity contribution is 0.0517.